The minimum Gasteiger partial charge on any atom is -0.300 e. The first-order valence-corrected chi connectivity index (χ1v) is 5.78. The molecule has 0 aliphatic heterocycles. The molecule has 16 heavy (non-hydrogen) atoms. The molecular weight excluding hydrogens is 224 g/mol. The lowest BCUT2D eigenvalue weighted by molar-refractivity contribution is -0.118. The monoisotopic (exact) mass is 242 g/mol. The van der Waals surface area contributed by atoms with Gasteiger partial charge in [-0.1, -0.05) is 25.4 Å². The molecule has 1 aromatic heterocycles. The van der Waals surface area contributed by atoms with Crippen molar-refractivity contribution in [1.82, 2.24) is 9.78 Å². The smallest absolute Gasteiger partial charge is 0.130 e. The molecule has 1 heterocycles. The molecule has 4 heteroatoms. The van der Waals surface area contributed by atoms with Gasteiger partial charge in [0.25, 0.3) is 0 Å². The number of aryl methyl sites for hydroxylation is 2. The second-order valence-corrected chi connectivity index (χ2v) is 5.57. The Labute approximate surface area is 102 Å². The van der Waals surface area contributed by atoms with Gasteiger partial charge in [-0.3, -0.25) is 4.68 Å². The van der Waals surface area contributed by atoms with E-state index in [4.69, 9.17) is 11.6 Å². The average Bonchev–Trinajstić information content (AvgIpc) is 2.29. The van der Waals surface area contributed by atoms with Crippen LogP contribution >= 0.6 is 11.6 Å². The van der Waals surface area contributed by atoms with Gasteiger partial charge in [-0.05, 0) is 25.7 Å². The Kier molecular flexibility index (Phi) is 3.79. The number of Topliss-reactive ketones (excluding diaryl/α,β-unsaturated/α-hetero) is 1. The van der Waals surface area contributed by atoms with E-state index in [1.807, 2.05) is 14.0 Å². The lowest BCUT2D eigenvalue weighted by atomic mass is 9.83. The number of halogens is 1. The zero-order valence-corrected chi connectivity index (χ0v) is 11.4. The van der Waals surface area contributed by atoms with Gasteiger partial charge in [-0.15, -0.1) is 0 Å². The lowest BCUT2D eigenvalue weighted by Crippen LogP contribution is -2.20. The van der Waals surface area contributed by atoms with E-state index in [2.05, 4.69) is 18.9 Å². The van der Waals surface area contributed by atoms with Gasteiger partial charge >= 0.3 is 0 Å². The number of carbonyl (C=O) groups excluding carboxylic acids is 1. The van der Waals surface area contributed by atoms with Gasteiger partial charge in [0, 0.05) is 13.5 Å². The second kappa shape index (κ2) is 4.58. The van der Waals surface area contributed by atoms with Crippen LogP contribution in [0, 0.1) is 12.3 Å². The quantitative estimate of drug-likeness (QED) is 0.814. The second-order valence-electron chi connectivity index (χ2n) is 5.19. The summed E-state index contributed by atoms with van der Waals surface area (Å²) in [7, 11) is 1.89. The normalized spacial score (nSPS) is 11.9. The van der Waals surface area contributed by atoms with Crippen LogP contribution in [0.2, 0.25) is 5.02 Å². The highest BCUT2D eigenvalue weighted by atomic mass is 35.5. The first-order valence-electron chi connectivity index (χ1n) is 5.40. The van der Waals surface area contributed by atoms with E-state index in [1.165, 1.54) is 0 Å². The van der Waals surface area contributed by atoms with Crippen LogP contribution in [0.25, 0.3) is 0 Å². The molecule has 0 bridgehead atoms. The van der Waals surface area contributed by atoms with Crippen LogP contribution in [0.5, 0.6) is 0 Å². The van der Waals surface area contributed by atoms with E-state index in [1.54, 1.807) is 11.6 Å². The van der Waals surface area contributed by atoms with E-state index < -0.39 is 0 Å². The highest BCUT2D eigenvalue weighted by molar-refractivity contribution is 6.31. The molecule has 3 nitrogen and oxygen atoms in total. The Hall–Kier alpha value is -0.830. The number of ketones is 1. The summed E-state index contributed by atoms with van der Waals surface area (Å²) in [5, 5.41) is 5.00. The fourth-order valence-corrected chi connectivity index (χ4v) is 2.29. The molecular formula is C12H19ClN2O. The van der Waals surface area contributed by atoms with E-state index in [9.17, 15) is 4.79 Å². The van der Waals surface area contributed by atoms with Gasteiger partial charge in [0.15, 0.2) is 0 Å². The molecule has 1 rings (SSSR count). The fraction of sp³-hybridized carbons (Fsp3) is 0.667. The van der Waals surface area contributed by atoms with Crippen LogP contribution in [0.4, 0.5) is 0 Å². The van der Waals surface area contributed by atoms with Gasteiger partial charge in [-0.25, -0.2) is 0 Å². The van der Waals surface area contributed by atoms with E-state index in [-0.39, 0.29) is 11.2 Å². The standard InChI is InChI=1S/C12H19ClN2O/c1-8(16)6-12(3,4)7-10-11(13)9(2)14-15(10)5/h6-7H2,1-5H3. The van der Waals surface area contributed by atoms with Gasteiger partial charge in [-0.2, -0.15) is 5.10 Å². The summed E-state index contributed by atoms with van der Waals surface area (Å²) in [6.07, 6.45) is 1.33. The van der Waals surface area contributed by atoms with Crippen LogP contribution in [-0.4, -0.2) is 15.6 Å². The van der Waals surface area contributed by atoms with Crippen molar-refractivity contribution in [2.75, 3.05) is 0 Å². The van der Waals surface area contributed by atoms with E-state index >= 15 is 0 Å². The molecule has 0 amide bonds. The third-order valence-electron chi connectivity index (χ3n) is 2.64. The fourth-order valence-electron chi connectivity index (χ4n) is 2.06. The summed E-state index contributed by atoms with van der Waals surface area (Å²) in [4.78, 5) is 11.2. The lowest BCUT2D eigenvalue weighted by Gasteiger charge is -2.23. The molecule has 0 saturated carbocycles. The number of hydrogen-bond donors (Lipinski definition) is 0. The molecule has 0 N–H and O–H groups in total. The Morgan fingerprint density at radius 1 is 1.50 bits per heavy atom. The SMILES string of the molecule is CC(=O)CC(C)(C)Cc1c(Cl)c(C)nn1C. The number of aromatic nitrogens is 2. The molecule has 0 aromatic carbocycles. The van der Waals surface area contributed by atoms with Gasteiger partial charge in [0.1, 0.15) is 5.78 Å². The van der Waals surface area contributed by atoms with Crippen LogP contribution < -0.4 is 0 Å². The summed E-state index contributed by atoms with van der Waals surface area (Å²) < 4.78 is 1.81. The molecule has 0 fully saturated rings. The number of carbonyl (C=O) groups is 1. The average molecular weight is 243 g/mol. The third kappa shape index (κ3) is 3.08. The Morgan fingerprint density at radius 2 is 2.06 bits per heavy atom. The number of rotatable bonds is 4. The number of hydrogen-bond acceptors (Lipinski definition) is 2. The zero-order chi connectivity index (χ0) is 12.5. The maximum absolute atomic E-state index is 11.2. The molecule has 0 atom stereocenters. The first kappa shape index (κ1) is 13.2. The molecule has 0 radical (unpaired) electrons. The molecule has 0 saturated heterocycles. The summed E-state index contributed by atoms with van der Waals surface area (Å²) >= 11 is 6.19. The minimum absolute atomic E-state index is 0.0737. The predicted octanol–water partition coefficient (Wildman–Crippen LogP) is 2.93. The molecule has 90 valence electrons. The predicted molar refractivity (Wildman–Crippen MR) is 65.7 cm³/mol. The molecule has 0 aliphatic carbocycles. The van der Waals surface area contributed by atoms with Gasteiger partial charge < -0.3 is 4.79 Å². The topological polar surface area (TPSA) is 34.9 Å². The van der Waals surface area contributed by atoms with Crippen molar-refractivity contribution < 1.29 is 4.79 Å². The Balaban J connectivity index is 2.91. The van der Waals surface area contributed by atoms with Crippen molar-refractivity contribution in [2.45, 2.75) is 40.5 Å². The molecule has 0 spiro atoms. The van der Waals surface area contributed by atoms with E-state index in [0.717, 1.165) is 22.8 Å². The Bertz CT molecular complexity index is 407. The summed E-state index contributed by atoms with van der Waals surface area (Å²) in [5.41, 5.74) is 1.78. The van der Waals surface area contributed by atoms with Crippen molar-refractivity contribution in [1.29, 1.82) is 0 Å². The first-order chi connectivity index (χ1) is 7.23. The largest absolute Gasteiger partial charge is 0.300 e. The van der Waals surface area contributed by atoms with Crippen LogP contribution in [-0.2, 0) is 18.3 Å². The van der Waals surface area contributed by atoms with Crippen molar-refractivity contribution in [2.24, 2.45) is 12.5 Å². The van der Waals surface area contributed by atoms with E-state index in [0.29, 0.717) is 6.42 Å². The van der Waals surface area contributed by atoms with Crippen molar-refractivity contribution >= 4 is 17.4 Å². The highest BCUT2D eigenvalue weighted by Crippen LogP contribution is 2.30. The van der Waals surface area contributed by atoms with Crippen LogP contribution in [0.3, 0.4) is 0 Å². The van der Waals surface area contributed by atoms with Gasteiger partial charge in [0.05, 0.1) is 16.4 Å². The molecule has 1 aromatic rings. The maximum atomic E-state index is 11.2. The van der Waals surface area contributed by atoms with Crippen molar-refractivity contribution in [3.05, 3.63) is 16.4 Å². The summed E-state index contributed by atoms with van der Waals surface area (Å²) in [6, 6.07) is 0. The Morgan fingerprint density at radius 3 is 2.44 bits per heavy atom. The molecule has 0 unspecified atom stereocenters. The number of nitrogens with zero attached hydrogens (tertiary/aromatic N) is 2. The summed E-state index contributed by atoms with van der Waals surface area (Å²) in [5.74, 6) is 0.208. The van der Waals surface area contributed by atoms with Crippen molar-refractivity contribution in [3.8, 4) is 0 Å². The minimum atomic E-state index is -0.0737. The van der Waals surface area contributed by atoms with Gasteiger partial charge in [0.2, 0.25) is 0 Å². The van der Waals surface area contributed by atoms with Crippen LogP contribution in [0.1, 0.15) is 38.6 Å². The summed E-state index contributed by atoms with van der Waals surface area (Å²) in [6.45, 7) is 7.67. The highest BCUT2D eigenvalue weighted by Gasteiger charge is 2.24. The van der Waals surface area contributed by atoms with Crippen molar-refractivity contribution in [3.63, 3.8) is 0 Å². The molecule has 0 aliphatic rings. The maximum Gasteiger partial charge on any atom is 0.130 e. The van der Waals surface area contributed by atoms with Crippen LogP contribution in [0.15, 0.2) is 0 Å². The zero-order valence-electron chi connectivity index (χ0n) is 10.6. The third-order valence-corrected chi connectivity index (χ3v) is 3.13.